The Balaban J connectivity index is 0.976. The van der Waals surface area contributed by atoms with Crippen molar-refractivity contribution in [3.8, 4) is 72.7 Å². The first kappa shape index (κ1) is 43.8. The third kappa shape index (κ3) is 8.79. The molecule has 0 aliphatic carbocycles. The lowest BCUT2D eigenvalue weighted by Crippen LogP contribution is -2.61. The number of fused-ring (bicyclic) bond motifs is 13. The highest BCUT2D eigenvalue weighted by Crippen LogP contribution is 2.55. The molecule has 2 aliphatic heterocycles. The Morgan fingerprint density at radius 1 is 0.225 bits per heavy atom. The number of rotatable bonds is 10. The average molecular weight is 1310 g/mol. The predicted octanol–water partition coefficient (Wildman–Crippen LogP) is 23.4. The third-order valence-corrected chi connectivity index (χ3v) is 20.5. The smallest absolute Gasteiger partial charge is 0.252 e. The molecule has 0 radical (unpaired) electrons. The van der Waals surface area contributed by atoms with Crippen LogP contribution in [0.3, 0.4) is 0 Å². The molecule has 5 nitrogen and oxygen atoms in total. The van der Waals surface area contributed by atoms with E-state index in [9.17, 15) is 16.4 Å². The first-order valence-corrected chi connectivity index (χ1v) is 34.0. The largest absolute Gasteiger partial charge is 0.310 e. The Morgan fingerprint density at radius 2 is 0.588 bits per heavy atom. The Kier molecular flexibility index (Phi) is 9.92. The fourth-order valence-electron chi connectivity index (χ4n) is 16.2. The number of benzene rings is 16. The highest BCUT2D eigenvalue weighted by Gasteiger charge is 2.46. The quantitative estimate of drug-likeness (QED) is 0.127. The van der Waals surface area contributed by atoms with Crippen LogP contribution in [0.2, 0.25) is 0 Å². The van der Waals surface area contributed by atoms with Gasteiger partial charge in [0.25, 0.3) is 6.71 Å². The van der Waals surface area contributed by atoms with Gasteiger partial charge in [0.05, 0.1) is 66.4 Å². The molecule has 0 N–H and O–H groups in total. The van der Waals surface area contributed by atoms with Crippen LogP contribution in [0.15, 0.2) is 376 Å². The molecule has 19 aromatic rings. The Hall–Kier alpha value is -13.4. The number of hydrogen-bond donors (Lipinski definition) is 0. The summed E-state index contributed by atoms with van der Waals surface area (Å²) in [4.78, 5) is 4.61. The Bertz CT molecular complexity index is 6950. The van der Waals surface area contributed by atoms with Gasteiger partial charge >= 0.3 is 0 Å². The summed E-state index contributed by atoms with van der Waals surface area (Å²) in [7, 11) is 0. The van der Waals surface area contributed by atoms with Gasteiger partial charge in [-0.2, -0.15) is 0 Å². The zero-order valence-corrected chi connectivity index (χ0v) is 54.4. The molecule has 0 fully saturated rings. The molecule has 0 spiro atoms. The highest BCUT2D eigenvalue weighted by molar-refractivity contribution is 7.00. The van der Waals surface area contributed by atoms with Crippen molar-refractivity contribution in [3.05, 3.63) is 376 Å². The molecule has 0 amide bonds. The lowest BCUT2D eigenvalue weighted by molar-refractivity contribution is 1.17. The van der Waals surface area contributed by atoms with Gasteiger partial charge in [0, 0.05) is 94.4 Å². The SMILES string of the molecule is [2H]c1c([2H])c([2H])c2c(c1[2H])c1c([2H])c([2H])c([2H])c([2H])c1n2-c1ccc2c(c1)N(c1c(-c3ccccc3)cccc1-c1ccccc1)c1cc(-c3ccc4c(c3)c3ccccc3n4-c3ccccc3)cc3c1B2c1ccc(-n2c4c([2H])c([2H])c([2H])c([2H])c4c4c([2H])c([2H])c([2H])c([2H])c42)cc1N3c1c(-c2ccccc2)cccc1-c1ccccc1. The number of para-hydroxylation sites is 8. The molecule has 0 unspecified atom stereocenters. The molecule has 3 aromatic heterocycles. The second-order valence-electron chi connectivity index (χ2n) is 25.9. The summed E-state index contributed by atoms with van der Waals surface area (Å²) in [6, 6.07) is 86.3. The van der Waals surface area contributed by atoms with E-state index in [2.05, 4.69) is 160 Å². The van der Waals surface area contributed by atoms with Crippen molar-refractivity contribution in [2.75, 3.05) is 9.80 Å². The van der Waals surface area contributed by atoms with Crippen molar-refractivity contribution in [3.63, 3.8) is 0 Å². The van der Waals surface area contributed by atoms with Crippen molar-refractivity contribution in [1.82, 2.24) is 13.7 Å². The van der Waals surface area contributed by atoms with Gasteiger partial charge in [-0.15, -0.1) is 0 Å². The average Bonchev–Trinajstić information content (AvgIpc) is 0.926. The van der Waals surface area contributed by atoms with Crippen LogP contribution in [-0.4, -0.2) is 20.4 Å². The second kappa shape index (κ2) is 23.1. The molecule has 6 heteroatoms. The molecule has 474 valence electrons. The maximum absolute atomic E-state index is 9.87. The topological polar surface area (TPSA) is 21.3 Å². The van der Waals surface area contributed by atoms with Crippen LogP contribution in [0.25, 0.3) is 138 Å². The van der Waals surface area contributed by atoms with E-state index in [0.29, 0.717) is 34.1 Å². The fourth-order valence-corrected chi connectivity index (χ4v) is 16.2. The number of aromatic nitrogens is 3. The van der Waals surface area contributed by atoms with Crippen LogP contribution in [0.5, 0.6) is 0 Å². The van der Waals surface area contributed by atoms with E-state index >= 15 is 0 Å². The molecule has 5 heterocycles. The van der Waals surface area contributed by atoms with Gasteiger partial charge in [-0.05, 0) is 141 Å². The van der Waals surface area contributed by atoms with Crippen LogP contribution < -0.4 is 26.2 Å². The van der Waals surface area contributed by atoms with Crippen molar-refractivity contribution in [2.45, 2.75) is 0 Å². The number of anilines is 6. The van der Waals surface area contributed by atoms with E-state index in [1.807, 2.05) is 133 Å². The minimum atomic E-state index is -0.792. The highest BCUT2D eigenvalue weighted by atomic mass is 15.2. The van der Waals surface area contributed by atoms with E-state index in [1.54, 1.807) is 9.13 Å². The van der Waals surface area contributed by atoms with E-state index < -0.39 is 103 Å². The van der Waals surface area contributed by atoms with Crippen LogP contribution in [0, 0.1) is 0 Å². The summed E-state index contributed by atoms with van der Waals surface area (Å²) < 4.78 is 157. The molecule has 0 saturated heterocycles. The van der Waals surface area contributed by atoms with E-state index in [4.69, 9.17) is 5.48 Å². The van der Waals surface area contributed by atoms with E-state index in [-0.39, 0.29) is 43.6 Å². The predicted molar refractivity (Wildman–Crippen MR) is 431 cm³/mol. The first-order chi connectivity index (χ1) is 57.3. The second-order valence-corrected chi connectivity index (χ2v) is 25.9. The van der Waals surface area contributed by atoms with Crippen LogP contribution in [0.1, 0.15) is 21.9 Å². The molecule has 102 heavy (non-hydrogen) atoms. The van der Waals surface area contributed by atoms with Crippen molar-refractivity contribution >= 4 is 123 Å². The summed E-state index contributed by atoms with van der Waals surface area (Å²) in [5.41, 5.74) is 18.0. The zero-order chi connectivity index (χ0) is 80.9. The lowest BCUT2D eigenvalue weighted by Gasteiger charge is -2.46. The van der Waals surface area contributed by atoms with Gasteiger partial charge in [0.2, 0.25) is 0 Å². The molecule has 16 aromatic carbocycles. The van der Waals surface area contributed by atoms with Gasteiger partial charge < -0.3 is 23.5 Å². The van der Waals surface area contributed by atoms with Gasteiger partial charge in [-0.1, -0.05) is 285 Å². The van der Waals surface area contributed by atoms with Gasteiger partial charge in [-0.25, -0.2) is 0 Å². The van der Waals surface area contributed by atoms with Crippen LogP contribution in [-0.2, 0) is 0 Å². The van der Waals surface area contributed by atoms with Gasteiger partial charge in [-0.3, -0.25) is 0 Å². The molecule has 21 rings (SSSR count). The molecular formula is C96H62BN5. The van der Waals surface area contributed by atoms with E-state index in [0.717, 1.165) is 111 Å². The molecular weight excluding hydrogens is 1230 g/mol. The monoisotopic (exact) mass is 1310 g/mol. The summed E-state index contributed by atoms with van der Waals surface area (Å²) in [6.07, 6.45) is 0. The fraction of sp³-hybridized carbons (Fsp3) is 0. The summed E-state index contributed by atoms with van der Waals surface area (Å²) in [6.45, 7) is -0.792. The normalized spacial score (nSPS) is 14.6. The Morgan fingerprint density at radius 3 is 1.01 bits per heavy atom. The number of hydrogen-bond acceptors (Lipinski definition) is 2. The summed E-state index contributed by atoms with van der Waals surface area (Å²) >= 11 is 0. The van der Waals surface area contributed by atoms with Crippen LogP contribution in [0.4, 0.5) is 34.1 Å². The van der Waals surface area contributed by atoms with Crippen LogP contribution >= 0.6 is 0 Å². The third-order valence-electron chi connectivity index (χ3n) is 20.5. The molecule has 0 atom stereocenters. The van der Waals surface area contributed by atoms with Gasteiger partial charge in [0.1, 0.15) is 0 Å². The minimum Gasteiger partial charge on any atom is -0.310 e. The number of nitrogens with zero attached hydrogens (tertiary/aromatic N) is 5. The summed E-state index contributed by atoms with van der Waals surface area (Å²) in [5.74, 6) is 0. The maximum Gasteiger partial charge on any atom is 0.252 e. The van der Waals surface area contributed by atoms with E-state index in [1.165, 1.54) is 0 Å². The Labute approximate surface area is 613 Å². The van der Waals surface area contributed by atoms with Gasteiger partial charge in [0.15, 0.2) is 0 Å². The van der Waals surface area contributed by atoms with Crippen molar-refractivity contribution < 1.29 is 21.9 Å². The van der Waals surface area contributed by atoms with Crippen molar-refractivity contribution in [1.29, 1.82) is 0 Å². The lowest BCUT2D eigenvalue weighted by atomic mass is 9.33. The maximum atomic E-state index is 9.87. The molecule has 0 bridgehead atoms. The first-order valence-electron chi connectivity index (χ1n) is 42.0. The zero-order valence-electron chi connectivity index (χ0n) is 70.4. The van der Waals surface area contributed by atoms with Crippen molar-refractivity contribution in [2.24, 2.45) is 0 Å². The minimum absolute atomic E-state index is 0.0591. The summed E-state index contributed by atoms with van der Waals surface area (Å²) in [5, 5.41) is 1.67. The molecule has 0 saturated carbocycles. The standard InChI is InChI=1S/C96H62BN5/c1-6-28-63(29-7-1)72-43-26-44-73(64-30-8-2-9-31-64)95(72)101-90-61-70(99-84-47-21-16-38-76(84)77-39-17-22-48-85(77)99)53-55-82(90)97-83-56-54-71(100-86-49-23-18-40-78(86)79-41-19-24-50-87(79)100)62-91(83)102(96-74(65-32-10-3-11-33-65)45-27-46-75(96)66-34-12-4-13-35-66)93-60-68(59-92(101)94(93)97)67-52-57-89-81(58-67)80-42-20-25-51-88(80)98(89)69-36-14-5-15-37-69/h1-62H/i16D,17D,18D,19D,21D,22D,23D,24D,38D,39D,40D,41D,47D,48D,49D,50D. The molecule has 2 aliphatic rings.